The van der Waals surface area contributed by atoms with Crippen molar-refractivity contribution in [2.75, 3.05) is 20.8 Å². The summed E-state index contributed by atoms with van der Waals surface area (Å²) in [6.45, 7) is -0.212. The van der Waals surface area contributed by atoms with Crippen LogP contribution in [0.25, 0.3) is 44.2 Å². The van der Waals surface area contributed by atoms with Crippen LogP contribution >= 0.6 is 0 Å². The summed E-state index contributed by atoms with van der Waals surface area (Å²) in [7, 11) is 3.18. The number of pyridine rings is 1. The van der Waals surface area contributed by atoms with Crippen LogP contribution in [-0.4, -0.2) is 47.8 Å². The van der Waals surface area contributed by atoms with E-state index in [0.717, 1.165) is 21.9 Å². The van der Waals surface area contributed by atoms with Crippen molar-refractivity contribution in [3.8, 4) is 23.0 Å². The minimum Gasteiger partial charge on any atom is -0.497 e. The Balaban J connectivity index is 1.38. The third-order valence-corrected chi connectivity index (χ3v) is 6.94. The zero-order chi connectivity index (χ0) is 26.9. The maximum Gasteiger partial charge on any atom is 0.252 e. The summed E-state index contributed by atoms with van der Waals surface area (Å²) in [4.78, 5) is 21.7. The van der Waals surface area contributed by atoms with Gasteiger partial charge >= 0.3 is 0 Å². The van der Waals surface area contributed by atoms with Gasteiger partial charge in [-0.1, -0.05) is 18.2 Å². The van der Waals surface area contributed by atoms with E-state index in [1.807, 2.05) is 60.8 Å². The number of methoxy groups -OCH3 is 2. The fraction of sp³-hybridized carbons (Fsp3) is 0.161. The molecule has 6 aromatic rings. The first kappa shape index (κ1) is 24.5. The first-order valence-corrected chi connectivity index (χ1v) is 12.6. The van der Waals surface area contributed by atoms with Crippen molar-refractivity contribution in [3.05, 3.63) is 90.1 Å². The van der Waals surface area contributed by atoms with Gasteiger partial charge in [0.1, 0.15) is 22.8 Å². The molecule has 8 heteroatoms. The molecule has 0 fully saturated rings. The number of aromatic amines is 1. The molecule has 0 bridgehead atoms. The molecule has 1 amide bonds. The van der Waals surface area contributed by atoms with Gasteiger partial charge in [0.25, 0.3) is 5.91 Å². The standard InChI is InChI=1S/C31H27N3O5/c1-37-21-9-10-27-24(13-21)25(15-28(34-27)30-12-18-7-8-22(38-2)14-29(18)39-30)31(36)33-20(17-35)11-19-16-32-26-6-4-3-5-23(19)26/h3-10,12-16,20,32,35H,11,17H2,1-2H3,(H,33,36)/t20-/m1/s1. The minimum absolute atomic E-state index is 0.212. The van der Waals surface area contributed by atoms with Gasteiger partial charge in [0.05, 0.1) is 37.9 Å². The number of hydrogen-bond acceptors (Lipinski definition) is 6. The van der Waals surface area contributed by atoms with E-state index in [1.165, 1.54) is 0 Å². The lowest BCUT2D eigenvalue weighted by molar-refractivity contribution is 0.0918. The van der Waals surface area contributed by atoms with E-state index in [-0.39, 0.29) is 12.5 Å². The van der Waals surface area contributed by atoms with Gasteiger partial charge in [0.2, 0.25) is 0 Å². The van der Waals surface area contributed by atoms with Crippen LogP contribution in [0.4, 0.5) is 0 Å². The smallest absolute Gasteiger partial charge is 0.252 e. The topological polar surface area (TPSA) is 110 Å². The normalized spacial score (nSPS) is 12.2. The molecule has 196 valence electrons. The Labute approximate surface area is 224 Å². The quantitative estimate of drug-likeness (QED) is 0.245. The van der Waals surface area contributed by atoms with Gasteiger partial charge in [-0.15, -0.1) is 0 Å². The molecular formula is C31H27N3O5. The Morgan fingerprint density at radius 1 is 1.00 bits per heavy atom. The molecule has 0 spiro atoms. The summed E-state index contributed by atoms with van der Waals surface area (Å²) < 4.78 is 16.8. The van der Waals surface area contributed by atoms with Crippen LogP contribution in [0, 0.1) is 0 Å². The largest absolute Gasteiger partial charge is 0.497 e. The van der Waals surface area contributed by atoms with Crippen LogP contribution in [0.2, 0.25) is 0 Å². The van der Waals surface area contributed by atoms with Crippen LogP contribution in [0.1, 0.15) is 15.9 Å². The lowest BCUT2D eigenvalue weighted by Crippen LogP contribution is -2.39. The molecule has 0 saturated heterocycles. The van der Waals surface area contributed by atoms with Crippen LogP contribution in [0.3, 0.4) is 0 Å². The number of aliphatic hydroxyl groups is 1. The first-order chi connectivity index (χ1) is 19.1. The van der Waals surface area contributed by atoms with Crippen LogP contribution in [-0.2, 0) is 6.42 Å². The van der Waals surface area contributed by atoms with Crippen molar-refractivity contribution in [2.45, 2.75) is 12.5 Å². The third kappa shape index (κ3) is 4.66. The number of aromatic nitrogens is 2. The van der Waals surface area contributed by atoms with Crippen molar-refractivity contribution in [2.24, 2.45) is 0 Å². The molecule has 0 radical (unpaired) electrons. The number of hydrogen-bond donors (Lipinski definition) is 3. The van der Waals surface area contributed by atoms with E-state index in [2.05, 4.69) is 10.3 Å². The first-order valence-electron chi connectivity index (χ1n) is 12.6. The number of para-hydroxylation sites is 1. The van der Waals surface area contributed by atoms with Crippen molar-refractivity contribution >= 4 is 38.7 Å². The molecular weight excluding hydrogens is 494 g/mol. The number of nitrogens with zero attached hydrogens (tertiary/aromatic N) is 1. The van der Waals surface area contributed by atoms with Crippen molar-refractivity contribution in [3.63, 3.8) is 0 Å². The number of aliphatic hydroxyl groups excluding tert-OH is 1. The number of amides is 1. The average molecular weight is 522 g/mol. The lowest BCUT2D eigenvalue weighted by Gasteiger charge is -2.17. The SMILES string of the molecule is COc1ccc2cc(-c3cc(C(=O)N[C@@H](CO)Cc4c[nH]c5ccccc45)c4cc(OC)ccc4n3)oc2c1. The highest BCUT2D eigenvalue weighted by Gasteiger charge is 2.21. The second-order valence-electron chi connectivity index (χ2n) is 9.37. The van der Waals surface area contributed by atoms with E-state index >= 15 is 0 Å². The predicted molar refractivity (Wildman–Crippen MR) is 150 cm³/mol. The molecule has 0 unspecified atom stereocenters. The second-order valence-corrected chi connectivity index (χ2v) is 9.37. The Morgan fingerprint density at radius 3 is 2.62 bits per heavy atom. The highest BCUT2D eigenvalue weighted by Crippen LogP contribution is 2.32. The summed E-state index contributed by atoms with van der Waals surface area (Å²) >= 11 is 0. The number of carbonyl (C=O) groups is 1. The number of fused-ring (bicyclic) bond motifs is 3. The Bertz CT molecular complexity index is 1820. The highest BCUT2D eigenvalue weighted by molar-refractivity contribution is 6.07. The summed E-state index contributed by atoms with van der Waals surface area (Å²) in [5.74, 6) is 1.50. The molecule has 0 aliphatic carbocycles. The average Bonchev–Trinajstić information content (AvgIpc) is 3.59. The van der Waals surface area contributed by atoms with E-state index in [1.54, 1.807) is 32.4 Å². The van der Waals surface area contributed by atoms with E-state index < -0.39 is 6.04 Å². The molecule has 3 heterocycles. The molecule has 39 heavy (non-hydrogen) atoms. The Kier molecular flexibility index (Phi) is 6.38. The predicted octanol–water partition coefficient (Wildman–Crippen LogP) is 5.48. The van der Waals surface area contributed by atoms with Gasteiger partial charge in [0.15, 0.2) is 5.76 Å². The number of benzene rings is 3. The minimum atomic E-state index is -0.493. The Morgan fingerprint density at radius 2 is 1.79 bits per heavy atom. The number of carbonyl (C=O) groups excluding carboxylic acids is 1. The molecule has 3 aromatic heterocycles. The fourth-order valence-corrected chi connectivity index (χ4v) is 4.90. The molecule has 3 aromatic carbocycles. The maximum atomic E-state index is 13.7. The van der Waals surface area contributed by atoms with Crippen molar-refractivity contribution in [1.29, 1.82) is 0 Å². The monoisotopic (exact) mass is 521 g/mol. The highest BCUT2D eigenvalue weighted by atomic mass is 16.5. The van der Waals surface area contributed by atoms with E-state index in [4.69, 9.17) is 18.9 Å². The van der Waals surface area contributed by atoms with Crippen LogP contribution in [0.5, 0.6) is 11.5 Å². The van der Waals surface area contributed by atoms with Crippen LogP contribution < -0.4 is 14.8 Å². The van der Waals surface area contributed by atoms with Gasteiger partial charge in [0, 0.05) is 33.9 Å². The molecule has 0 aliphatic heterocycles. The van der Waals surface area contributed by atoms with Gasteiger partial charge in [-0.3, -0.25) is 4.79 Å². The number of ether oxygens (including phenoxy) is 2. The van der Waals surface area contributed by atoms with Gasteiger partial charge in [-0.2, -0.15) is 0 Å². The molecule has 6 rings (SSSR count). The summed E-state index contributed by atoms with van der Waals surface area (Å²) in [5, 5.41) is 15.8. The number of nitrogens with one attached hydrogen (secondary N) is 2. The van der Waals surface area contributed by atoms with Crippen LogP contribution in [0.15, 0.2) is 83.4 Å². The molecule has 0 saturated carbocycles. The summed E-state index contributed by atoms with van der Waals surface area (Å²) in [5.41, 5.74) is 4.23. The summed E-state index contributed by atoms with van der Waals surface area (Å²) in [6, 6.07) is 22.1. The van der Waals surface area contributed by atoms with Crippen molar-refractivity contribution < 1.29 is 23.8 Å². The number of H-pyrrole nitrogens is 1. The van der Waals surface area contributed by atoms with E-state index in [9.17, 15) is 9.90 Å². The molecule has 8 nitrogen and oxygen atoms in total. The second kappa shape index (κ2) is 10.2. The zero-order valence-corrected chi connectivity index (χ0v) is 21.5. The molecule has 1 atom stereocenters. The number of furan rings is 1. The van der Waals surface area contributed by atoms with Crippen molar-refractivity contribution in [1.82, 2.24) is 15.3 Å². The zero-order valence-electron chi connectivity index (χ0n) is 21.5. The maximum absolute atomic E-state index is 13.7. The van der Waals surface area contributed by atoms with Gasteiger partial charge in [-0.05, 0) is 60.5 Å². The molecule has 3 N–H and O–H groups in total. The van der Waals surface area contributed by atoms with Gasteiger partial charge < -0.3 is 29.3 Å². The lowest BCUT2D eigenvalue weighted by atomic mass is 10.0. The summed E-state index contributed by atoms with van der Waals surface area (Å²) in [6.07, 6.45) is 2.39. The van der Waals surface area contributed by atoms with E-state index in [0.29, 0.717) is 51.4 Å². The molecule has 0 aliphatic rings. The Hall–Kier alpha value is -4.82. The van der Waals surface area contributed by atoms with Gasteiger partial charge in [-0.25, -0.2) is 4.98 Å². The number of rotatable bonds is 8. The fourth-order valence-electron chi connectivity index (χ4n) is 4.90. The third-order valence-electron chi connectivity index (χ3n) is 6.94.